The van der Waals surface area contributed by atoms with Crippen molar-refractivity contribution in [2.45, 2.75) is 13.8 Å². The van der Waals surface area contributed by atoms with Crippen molar-refractivity contribution in [3.05, 3.63) is 75.8 Å². The van der Waals surface area contributed by atoms with Crippen LogP contribution in [0, 0.1) is 13.8 Å². The van der Waals surface area contributed by atoms with E-state index >= 15 is 0 Å². The number of phenolic OH excluding ortho intramolecular Hbond substituents is 2. The summed E-state index contributed by atoms with van der Waals surface area (Å²) in [7, 11) is 0. The summed E-state index contributed by atoms with van der Waals surface area (Å²) in [5.74, 6) is 0.228. The Hall–Kier alpha value is -2.37. The second-order valence-electron chi connectivity index (χ2n) is 5.17. The van der Waals surface area contributed by atoms with E-state index in [-0.39, 0.29) is 39.7 Å². The van der Waals surface area contributed by atoms with Gasteiger partial charge in [0.25, 0.3) is 0 Å². The molecular weight excluding hydrogens is 335 g/mol. The van der Waals surface area contributed by atoms with Crippen molar-refractivity contribution in [3.63, 3.8) is 0 Å². The summed E-state index contributed by atoms with van der Waals surface area (Å²) >= 11 is 0. The number of hydrogen-bond acceptors (Lipinski definition) is 3. The van der Waals surface area contributed by atoms with Crippen LogP contribution in [0.3, 0.4) is 0 Å². The molecule has 2 rings (SSSR count). The van der Waals surface area contributed by atoms with Crippen molar-refractivity contribution in [3.8, 4) is 11.5 Å². The molecular formula is C18H19CoN2O2-. The molecule has 0 heterocycles. The number of rotatable bonds is 3. The van der Waals surface area contributed by atoms with E-state index in [0.717, 1.165) is 11.1 Å². The average Bonchev–Trinajstić information content (AvgIpc) is 2.46. The first-order valence-electron chi connectivity index (χ1n) is 6.88. The third-order valence-corrected chi connectivity index (χ3v) is 3.50. The summed E-state index contributed by atoms with van der Waals surface area (Å²) < 4.78 is 0. The average molecular weight is 354 g/mol. The van der Waals surface area contributed by atoms with Crippen LogP contribution in [0.4, 0.5) is 0 Å². The normalized spacial score (nSPS) is 11.9. The van der Waals surface area contributed by atoms with Crippen molar-refractivity contribution in [1.29, 1.82) is 0 Å². The smallest absolute Gasteiger partial charge is 0.123 e. The van der Waals surface area contributed by atoms with Crippen LogP contribution < -0.4 is 5.73 Å². The minimum atomic E-state index is 0. The van der Waals surface area contributed by atoms with Gasteiger partial charge in [-0.15, -0.1) is 5.70 Å². The van der Waals surface area contributed by atoms with Gasteiger partial charge in [0.2, 0.25) is 0 Å². The van der Waals surface area contributed by atoms with E-state index in [2.05, 4.69) is 0 Å². The first-order valence-corrected chi connectivity index (χ1v) is 6.88. The maximum Gasteiger partial charge on any atom is 0.123 e. The Balaban J connectivity index is 0.00000264. The Labute approximate surface area is 146 Å². The molecule has 2 aromatic rings. The summed E-state index contributed by atoms with van der Waals surface area (Å²) in [6, 6.07) is 10.4. The van der Waals surface area contributed by atoms with E-state index in [1.807, 2.05) is 26.0 Å². The maximum atomic E-state index is 9.88. The zero-order valence-corrected chi connectivity index (χ0v) is 14.0. The first-order chi connectivity index (χ1) is 10.4. The maximum absolute atomic E-state index is 9.88. The van der Waals surface area contributed by atoms with Gasteiger partial charge in [-0.05, 0) is 43.2 Å². The molecule has 0 unspecified atom stereocenters. The molecule has 0 aliphatic heterocycles. The van der Waals surface area contributed by atoms with Gasteiger partial charge >= 0.3 is 0 Å². The van der Waals surface area contributed by atoms with E-state index in [1.165, 1.54) is 6.08 Å². The minimum Gasteiger partial charge on any atom is -0.697 e. The van der Waals surface area contributed by atoms with E-state index < -0.39 is 0 Å². The van der Waals surface area contributed by atoms with Gasteiger partial charge in [-0.1, -0.05) is 30.3 Å². The van der Waals surface area contributed by atoms with Crippen molar-refractivity contribution in [2.24, 2.45) is 5.73 Å². The Morgan fingerprint density at radius 3 is 1.78 bits per heavy atom. The number of aromatic hydroxyl groups is 2. The van der Waals surface area contributed by atoms with Gasteiger partial charge in [0.1, 0.15) is 11.5 Å². The van der Waals surface area contributed by atoms with Crippen LogP contribution in [0.15, 0.2) is 47.8 Å². The van der Waals surface area contributed by atoms with Crippen molar-refractivity contribution in [2.75, 3.05) is 0 Å². The minimum absolute atomic E-state index is 0. The largest absolute Gasteiger partial charge is 0.697 e. The number of aryl methyl sites for hydroxylation is 2. The fraction of sp³-hybridized carbons (Fsp3) is 0.111. The second-order valence-corrected chi connectivity index (χ2v) is 5.17. The molecule has 0 saturated heterocycles. The SMILES string of the molecule is Cc1cccc(O)c1C=C([NH-])C(N)=Cc1c(C)cccc1O.[Co]. The number of benzene rings is 2. The Bertz CT molecular complexity index is 662. The number of nitrogens with two attached hydrogens (primary N) is 1. The Morgan fingerprint density at radius 2 is 1.35 bits per heavy atom. The van der Waals surface area contributed by atoms with Gasteiger partial charge in [0.05, 0.1) is 0 Å². The molecule has 5 heteroatoms. The van der Waals surface area contributed by atoms with Crippen LogP contribution in [0.25, 0.3) is 17.9 Å². The summed E-state index contributed by atoms with van der Waals surface area (Å²) in [5, 5.41) is 19.8. The first kappa shape index (κ1) is 18.7. The quantitative estimate of drug-likeness (QED) is 0.725. The number of phenols is 2. The van der Waals surface area contributed by atoms with Crippen molar-refractivity contribution < 1.29 is 27.0 Å². The summed E-state index contributed by atoms with van der Waals surface area (Å²) in [5.41, 5.74) is 17.2. The molecule has 5 N–H and O–H groups in total. The van der Waals surface area contributed by atoms with E-state index in [4.69, 9.17) is 11.5 Å². The van der Waals surface area contributed by atoms with E-state index in [9.17, 15) is 10.2 Å². The molecule has 0 bridgehead atoms. The van der Waals surface area contributed by atoms with Crippen LogP contribution in [0.1, 0.15) is 22.3 Å². The standard InChI is InChI=1S/C18H19N2O2.Co/c1-11-5-3-7-17(21)13(11)9-15(19)16(20)10-14-12(2)6-4-8-18(14)22;/h3-10,19,21-22H,20H2,1-2H3;/q-1;. The van der Waals surface area contributed by atoms with Crippen LogP contribution in [0.5, 0.6) is 11.5 Å². The Kier molecular flexibility index (Phi) is 6.30. The Morgan fingerprint density at radius 1 is 0.913 bits per heavy atom. The van der Waals surface area contributed by atoms with Crippen molar-refractivity contribution in [1.82, 2.24) is 0 Å². The second kappa shape index (κ2) is 7.76. The van der Waals surface area contributed by atoms with Gasteiger partial charge < -0.3 is 21.7 Å². The molecule has 123 valence electrons. The summed E-state index contributed by atoms with van der Waals surface area (Å²) in [4.78, 5) is 0. The fourth-order valence-corrected chi connectivity index (χ4v) is 2.17. The number of nitrogens with one attached hydrogen (secondary N) is 1. The summed E-state index contributed by atoms with van der Waals surface area (Å²) in [6.45, 7) is 3.71. The molecule has 4 nitrogen and oxygen atoms in total. The van der Waals surface area contributed by atoms with Gasteiger partial charge in [-0.3, -0.25) is 0 Å². The van der Waals surface area contributed by atoms with Gasteiger partial charge in [0.15, 0.2) is 0 Å². The van der Waals surface area contributed by atoms with Crippen molar-refractivity contribution >= 4 is 12.2 Å². The molecule has 0 aromatic heterocycles. The molecule has 0 fully saturated rings. The fourth-order valence-electron chi connectivity index (χ4n) is 2.17. The molecule has 0 saturated carbocycles. The van der Waals surface area contributed by atoms with Gasteiger partial charge in [0, 0.05) is 33.6 Å². The monoisotopic (exact) mass is 354 g/mol. The van der Waals surface area contributed by atoms with Crippen LogP contribution in [-0.4, -0.2) is 10.2 Å². The zero-order chi connectivity index (χ0) is 16.3. The molecule has 0 amide bonds. The molecule has 0 atom stereocenters. The molecule has 0 spiro atoms. The van der Waals surface area contributed by atoms with Crippen LogP contribution in [-0.2, 0) is 16.8 Å². The molecule has 0 aliphatic rings. The predicted octanol–water partition coefficient (Wildman–Crippen LogP) is 4.11. The molecule has 1 radical (unpaired) electrons. The van der Waals surface area contributed by atoms with Gasteiger partial charge in [-0.25, -0.2) is 0 Å². The molecule has 23 heavy (non-hydrogen) atoms. The topological polar surface area (TPSA) is 90.3 Å². The predicted molar refractivity (Wildman–Crippen MR) is 90.2 cm³/mol. The third-order valence-electron chi connectivity index (χ3n) is 3.50. The zero-order valence-electron chi connectivity index (χ0n) is 12.9. The van der Waals surface area contributed by atoms with E-state index in [0.29, 0.717) is 11.1 Å². The number of hydrogen-bond donors (Lipinski definition) is 3. The molecule has 2 aromatic carbocycles. The third kappa shape index (κ3) is 4.31. The van der Waals surface area contributed by atoms with Crippen LogP contribution in [0.2, 0.25) is 0 Å². The summed E-state index contributed by atoms with van der Waals surface area (Å²) in [6.07, 6.45) is 3.09. The van der Waals surface area contributed by atoms with Crippen LogP contribution >= 0.6 is 0 Å². The molecule has 0 aliphatic carbocycles. The van der Waals surface area contributed by atoms with Gasteiger partial charge in [-0.2, -0.15) is 0 Å². The van der Waals surface area contributed by atoms with E-state index in [1.54, 1.807) is 30.3 Å².